The lowest BCUT2D eigenvalue weighted by Crippen LogP contribution is -2.10. The summed E-state index contributed by atoms with van der Waals surface area (Å²) in [4.78, 5) is 0. The summed E-state index contributed by atoms with van der Waals surface area (Å²) < 4.78 is 0. The third kappa shape index (κ3) is 1.70. The van der Waals surface area contributed by atoms with E-state index in [9.17, 15) is 0 Å². The maximum absolute atomic E-state index is 2.43. The molecule has 1 rings (SSSR count). The molecule has 0 aliphatic rings. The topological polar surface area (TPSA) is 0 Å². The van der Waals surface area contributed by atoms with Gasteiger partial charge in [0.25, 0.3) is 0 Å². The van der Waals surface area contributed by atoms with Gasteiger partial charge >= 0.3 is 0 Å². The Morgan fingerprint density at radius 2 is 1.44 bits per heavy atom. The highest BCUT2D eigenvalue weighted by Crippen LogP contribution is 2.37. The first-order valence-electron chi connectivity index (χ1n) is 3.24. The van der Waals surface area contributed by atoms with E-state index >= 15 is 0 Å². The van der Waals surface area contributed by atoms with Gasteiger partial charge in [0.15, 0.2) is 0 Å². The van der Waals surface area contributed by atoms with Gasteiger partial charge < -0.3 is 0 Å². The van der Waals surface area contributed by atoms with Crippen LogP contribution in [0.25, 0.3) is 0 Å². The van der Waals surface area contributed by atoms with E-state index in [0.717, 1.165) is 0 Å². The summed E-state index contributed by atoms with van der Waals surface area (Å²) >= 11 is 0. The van der Waals surface area contributed by atoms with Crippen LogP contribution in [0.4, 0.5) is 0 Å². The monoisotopic (exact) mass is 156 g/mol. The third-order valence-electron chi connectivity index (χ3n) is 1.38. The summed E-state index contributed by atoms with van der Waals surface area (Å²) in [5.74, 6) is 4.75. The molecule has 0 bridgehead atoms. The third-order valence-corrected chi connectivity index (χ3v) is 9.46. The predicted molar refractivity (Wildman–Crippen MR) is 47.9 cm³/mol. The van der Waals surface area contributed by atoms with Crippen LogP contribution >= 0.6 is 7.08 Å². The highest BCUT2D eigenvalue weighted by molar-refractivity contribution is 7.88. The Hall–Kier alpha value is -0.00312. The second-order valence-electron chi connectivity index (χ2n) is 3.26. The summed E-state index contributed by atoms with van der Waals surface area (Å²) in [7, 11) is -0.641. The van der Waals surface area contributed by atoms with Crippen molar-refractivity contribution in [3.05, 3.63) is 23.7 Å². The minimum Gasteiger partial charge on any atom is -0.142 e. The molecule has 0 unspecified atom stereocenters. The SMILES string of the molecule is C[Si](C)(C)p1cccc1. The van der Waals surface area contributed by atoms with E-state index < -0.39 is 7.74 Å². The van der Waals surface area contributed by atoms with Crippen molar-refractivity contribution in [2.24, 2.45) is 0 Å². The molecule has 0 radical (unpaired) electrons. The highest BCUT2D eigenvalue weighted by Gasteiger charge is 2.14. The smallest absolute Gasteiger partial charge is 0.0979 e. The molecule has 0 aromatic carbocycles. The van der Waals surface area contributed by atoms with Crippen molar-refractivity contribution in [2.75, 3.05) is 0 Å². The molecule has 0 atom stereocenters. The van der Waals surface area contributed by atoms with Crippen LogP contribution in [-0.4, -0.2) is 7.74 Å². The molecule has 0 saturated carbocycles. The van der Waals surface area contributed by atoms with Crippen LogP contribution in [0, 0.1) is 0 Å². The van der Waals surface area contributed by atoms with Gasteiger partial charge in [0, 0.05) is 0 Å². The Morgan fingerprint density at radius 1 is 1.00 bits per heavy atom. The van der Waals surface area contributed by atoms with E-state index in [1.54, 1.807) is 0 Å². The van der Waals surface area contributed by atoms with Gasteiger partial charge in [-0.1, -0.05) is 31.8 Å². The van der Waals surface area contributed by atoms with Crippen molar-refractivity contribution in [1.29, 1.82) is 0 Å². The fraction of sp³-hybridized carbons (Fsp3) is 0.429. The van der Waals surface area contributed by atoms with Crippen molar-refractivity contribution in [1.82, 2.24) is 0 Å². The molecule has 0 amide bonds. The van der Waals surface area contributed by atoms with Crippen molar-refractivity contribution in [3.8, 4) is 0 Å². The van der Waals surface area contributed by atoms with Crippen LogP contribution in [0.2, 0.25) is 19.6 Å². The standard InChI is InChI=1S/C7H13PSi/c1-9(2,3)8-6-4-5-7-8/h4-7H,1-3H3. The minimum absolute atomic E-state index is 0.192. The molecule has 1 heterocycles. The second-order valence-corrected chi connectivity index (χ2v) is 14.6. The number of rotatable bonds is 1. The molecular weight excluding hydrogens is 143 g/mol. The van der Waals surface area contributed by atoms with Crippen molar-refractivity contribution >= 4 is 14.8 Å². The van der Waals surface area contributed by atoms with Crippen LogP contribution in [-0.2, 0) is 0 Å². The van der Waals surface area contributed by atoms with E-state index in [2.05, 4.69) is 43.4 Å². The fourth-order valence-electron chi connectivity index (χ4n) is 0.782. The molecule has 0 saturated heterocycles. The van der Waals surface area contributed by atoms with E-state index in [-0.39, 0.29) is 7.08 Å². The zero-order valence-electron chi connectivity index (χ0n) is 6.26. The van der Waals surface area contributed by atoms with Crippen LogP contribution < -0.4 is 0 Å². The van der Waals surface area contributed by atoms with Gasteiger partial charge in [-0.15, -0.1) is 7.08 Å². The summed E-state index contributed by atoms with van der Waals surface area (Å²) in [5, 5.41) is 0. The molecule has 0 spiro atoms. The van der Waals surface area contributed by atoms with Crippen molar-refractivity contribution in [2.45, 2.75) is 19.6 Å². The van der Waals surface area contributed by atoms with Crippen LogP contribution in [0.5, 0.6) is 0 Å². The maximum Gasteiger partial charge on any atom is 0.0979 e. The van der Waals surface area contributed by atoms with Crippen molar-refractivity contribution in [3.63, 3.8) is 0 Å². The van der Waals surface area contributed by atoms with E-state index in [1.165, 1.54) is 0 Å². The molecule has 0 aliphatic heterocycles. The molecule has 1 aromatic heterocycles. The zero-order valence-corrected chi connectivity index (χ0v) is 8.15. The largest absolute Gasteiger partial charge is 0.142 e. The highest BCUT2D eigenvalue weighted by atomic mass is 31.4. The van der Waals surface area contributed by atoms with Gasteiger partial charge in [0.1, 0.15) is 0 Å². The van der Waals surface area contributed by atoms with Crippen LogP contribution in [0.15, 0.2) is 23.7 Å². The molecule has 2 heteroatoms. The van der Waals surface area contributed by atoms with Gasteiger partial charge in [0.2, 0.25) is 0 Å². The molecule has 0 aliphatic carbocycles. The van der Waals surface area contributed by atoms with Gasteiger partial charge in [-0.2, -0.15) is 0 Å². The minimum atomic E-state index is -0.833. The number of hydrogen-bond donors (Lipinski definition) is 0. The van der Waals surface area contributed by atoms with E-state index in [1.807, 2.05) is 0 Å². The Labute approximate surface area is 58.8 Å². The average molecular weight is 156 g/mol. The molecule has 9 heavy (non-hydrogen) atoms. The predicted octanol–water partition coefficient (Wildman–Crippen LogP) is 3.36. The first-order chi connectivity index (χ1) is 4.11. The Morgan fingerprint density at radius 3 is 1.67 bits per heavy atom. The lowest BCUT2D eigenvalue weighted by atomic mass is 10.7. The normalized spacial score (nSPS) is 11.9. The van der Waals surface area contributed by atoms with Crippen molar-refractivity contribution < 1.29 is 0 Å². The summed E-state index contributed by atoms with van der Waals surface area (Å²) in [5.41, 5.74) is 0. The average Bonchev–Trinajstić information content (AvgIpc) is 2.08. The van der Waals surface area contributed by atoms with Crippen LogP contribution in [0.1, 0.15) is 0 Å². The van der Waals surface area contributed by atoms with Gasteiger partial charge in [-0.25, -0.2) is 0 Å². The molecular formula is C7H13PSi. The Bertz CT molecular complexity index is 171. The second kappa shape index (κ2) is 2.32. The lowest BCUT2D eigenvalue weighted by molar-refractivity contribution is 1.87. The molecule has 0 fully saturated rings. The fourth-order valence-corrected chi connectivity index (χ4v) is 5.54. The summed E-state index contributed by atoms with van der Waals surface area (Å²) in [6.45, 7) is 7.29. The molecule has 0 nitrogen and oxygen atoms in total. The molecule has 1 aromatic rings. The van der Waals surface area contributed by atoms with Gasteiger partial charge in [-0.3, -0.25) is 0 Å². The van der Waals surface area contributed by atoms with E-state index in [0.29, 0.717) is 0 Å². The van der Waals surface area contributed by atoms with E-state index in [4.69, 9.17) is 0 Å². The Kier molecular flexibility index (Phi) is 1.83. The first kappa shape index (κ1) is 7.11. The number of hydrogen-bond acceptors (Lipinski definition) is 0. The lowest BCUT2D eigenvalue weighted by Gasteiger charge is -2.13. The quantitative estimate of drug-likeness (QED) is 0.547. The summed E-state index contributed by atoms with van der Waals surface area (Å²) in [6, 6.07) is 4.37. The summed E-state index contributed by atoms with van der Waals surface area (Å²) in [6.07, 6.45) is 0. The molecule has 0 N–H and O–H groups in total. The van der Waals surface area contributed by atoms with Gasteiger partial charge in [0.05, 0.1) is 7.74 Å². The zero-order chi connectivity index (χ0) is 6.91. The molecule has 50 valence electrons. The Balaban J connectivity index is 2.90. The van der Waals surface area contributed by atoms with Crippen LogP contribution in [0.3, 0.4) is 0 Å². The first-order valence-corrected chi connectivity index (χ1v) is 9.06. The maximum atomic E-state index is 2.43. The van der Waals surface area contributed by atoms with Gasteiger partial charge in [-0.05, 0) is 11.6 Å².